The molecule has 9 heteroatoms. The van der Waals surface area contributed by atoms with E-state index in [1.807, 2.05) is 21.1 Å². The molecule has 0 aliphatic rings. The summed E-state index contributed by atoms with van der Waals surface area (Å²) in [7, 11) is 5.98. The van der Waals surface area contributed by atoms with Gasteiger partial charge in [-0.15, -0.1) is 0 Å². The molecule has 0 aliphatic heterocycles. The van der Waals surface area contributed by atoms with Gasteiger partial charge in [0.25, 0.3) is 6.29 Å². The molecule has 1 N–H and O–H groups in total. The SMILES string of the molecule is CC/C=C\C/C=C\C/C=C\C/C=C\C/C=C\CCCCCCCCCCCCCC(=O)OC(COC(=O)CCCCCCCCCCCCCCCCCCCCCCCCCCC)COC(OCC[N+](C)(C)C)C(=O)O. The van der Waals surface area contributed by atoms with Gasteiger partial charge in [0.05, 0.1) is 34.4 Å². The van der Waals surface area contributed by atoms with Gasteiger partial charge in [0, 0.05) is 12.8 Å². The van der Waals surface area contributed by atoms with Gasteiger partial charge in [-0.3, -0.25) is 9.59 Å². The predicted molar refractivity (Wildman–Crippen MR) is 327 cm³/mol. The number of hydrogen-bond acceptors (Lipinski definition) is 7. The molecule has 2 atom stereocenters. The molecule has 0 aromatic rings. The minimum atomic E-state index is -1.51. The van der Waals surface area contributed by atoms with Gasteiger partial charge < -0.3 is 28.5 Å². The lowest BCUT2D eigenvalue weighted by Gasteiger charge is -2.25. The van der Waals surface area contributed by atoms with Crippen LogP contribution in [0.15, 0.2) is 60.8 Å². The topological polar surface area (TPSA) is 108 Å². The summed E-state index contributed by atoms with van der Waals surface area (Å²) in [6.07, 6.45) is 73.1. The number of unbranched alkanes of at least 4 members (excludes halogenated alkanes) is 35. The van der Waals surface area contributed by atoms with E-state index in [4.69, 9.17) is 18.9 Å². The maximum Gasteiger partial charge on any atom is 0.361 e. The van der Waals surface area contributed by atoms with Crippen LogP contribution in [0, 0.1) is 0 Å². The zero-order valence-electron chi connectivity index (χ0n) is 51.1. The van der Waals surface area contributed by atoms with Crippen molar-refractivity contribution in [3.8, 4) is 0 Å². The zero-order chi connectivity index (χ0) is 56.2. The van der Waals surface area contributed by atoms with Crippen LogP contribution in [-0.4, -0.2) is 87.4 Å². The van der Waals surface area contributed by atoms with Crippen molar-refractivity contribution in [1.82, 2.24) is 0 Å². The maximum absolute atomic E-state index is 12.9. The Hall–Kier alpha value is -3.01. The van der Waals surface area contributed by atoms with Gasteiger partial charge >= 0.3 is 17.9 Å². The normalized spacial score (nSPS) is 13.1. The Morgan fingerprint density at radius 1 is 0.403 bits per heavy atom. The second-order valence-corrected chi connectivity index (χ2v) is 23.1. The summed E-state index contributed by atoms with van der Waals surface area (Å²) in [6, 6.07) is 0. The van der Waals surface area contributed by atoms with Gasteiger partial charge in [-0.2, -0.15) is 0 Å². The van der Waals surface area contributed by atoms with Crippen LogP contribution in [0.4, 0.5) is 0 Å². The van der Waals surface area contributed by atoms with E-state index in [1.165, 1.54) is 193 Å². The van der Waals surface area contributed by atoms with Crippen molar-refractivity contribution in [3.63, 3.8) is 0 Å². The largest absolute Gasteiger partial charge is 0.477 e. The molecule has 0 aromatic carbocycles. The maximum atomic E-state index is 12.9. The van der Waals surface area contributed by atoms with E-state index in [0.717, 1.165) is 77.0 Å². The zero-order valence-corrected chi connectivity index (χ0v) is 51.1. The molecule has 0 saturated carbocycles. The molecule has 0 spiro atoms. The summed E-state index contributed by atoms with van der Waals surface area (Å²) in [5, 5.41) is 9.73. The van der Waals surface area contributed by atoms with Crippen LogP contribution in [0.3, 0.4) is 0 Å². The van der Waals surface area contributed by atoms with Crippen LogP contribution in [0.2, 0.25) is 0 Å². The van der Waals surface area contributed by atoms with Crippen molar-refractivity contribution >= 4 is 17.9 Å². The van der Waals surface area contributed by atoms with E-state index in [0.29, 0.717) is 17.4 Å². The van der Waals surface area contributed by atoms with E-state index in [9.17, 15) is 19.5 Å². The Labute approximate surface area is 475 Å². The fraction of sp³-hybridized carbons (Fsp3) is 0.809. The molecule has 2 unspecified atom stereocenters. The Kier molecular flexibility index (Phi) is 56.8. The van der Waals surface area contributed by atoms with Gasteiger partial charge in [0.15, 0.2) is 6.10 Å². The fourth-order valence-corrected chi connectivity index (χ4v) is 9.34. The summed E-state index contributed by atoms with van der Waals surface area (Å²) in [4.78, 5) is 37.5. The molecule has 0 saturated heterocycles. The lowest BCUT2D eigenvalue weighted by molar-refractivity contribution is -0.870. The third-order valence-electron chi connectivity index (χ3n) is 14.3. The Morgan fingerprint density at radius 3 is 1.10 bits per heavy atom. The first kappa shape index (κ1) is 74.0. The van der Waals surface area contributed by atoms with Crippen molar-refractivity contribution < 1.29 is 42.9 Å². The molecule has 448 valence electrons. The Morgan fingerprint density at radius 2 is 0.740 bits per heavy atom. The second kappa shape index (κ2) is 59.1. The number of aliphatic carboxylic acids is 1. The van der Waals surface area contributed by atoms with Crippen molar-refractivity contribution in [2.45, 2.75) is 309 Å². The number of quaternary nitrogens is 1. The van der Waals surface area contributed by atoms with Crippen LogP contribution in [-0.2, 0) is 33.3 Å². The van der Waals surface area contributed by atoms with Crippen molar-refractivity contribution in [2.24, 2.45) is 0 Å². The molecule has 0 aliphatic carbocycles. The third kappa shape index (κ3) is 60.5. The van der Waals surface area contributed by atoms with Gasteiger partial charge in [-0.25, -0.2) is 4.79 Å². The van der Waals surface area contributed by atoms with Crippen LogP contribution < -0.4 is 0 Å². The number of allylic oxidation sites excluding steroid dienone is 10. The van der Waals surface area contributed by atoms with Crippen LogP contribution in [0.25, 0.3) is 0 Å². The molecule has 0 aromatic heterocycles. The molecular formula is C68H124NO8+. The average Bonchev–Trinajstić information content (AvgIpc) is 3.40. The van der Waals surface area contributed by atoms with E-state index in [1.54, 1.807) is 0 Å². The number of nitrogens with zero attached hydrogens (tertiary/aromatic N) is 1. The molecule has 0 heterocycles. The first-order valence-electron chi connectivity index (χ1n) is 32.5. The molecular weight excluding hydrogens is 959 g/mol. The lowest BCUT2D eigenvalue weighted by Crippen LogP contribution is -2.40. The highest BCUT2D eigenvalue weighted by Gasteiger charge is 2.25. The molecule has 0 bridgehead atoms. The highest BCUT2D eigenvalue weighted by atomic mass is 16.7. The van der Waals surface area contributed by atoms with Gasteiger partial charge in [-0.05, 0) is 57.8 Å². The van der Waals surface area contributed by atoms with Crippen LogP contribution in [0.1, 0.15) is 296 Å². The number of hydrogen-bond donors (Lipinski definition) is 1. The second-order valence-electron chi connectivity index (χ2n) is 23.1. The van der Waals surface area contributed by atoms with Crippen molar-refractivity contribution in [3.05, 3.63) is 60.8 Å². The molecule has 0 radical (unpaired) electrons. The summed E-state index contributed by atoms with van der Waals surface area (Å²) in [6.45, 7) is 4.81. The number of likely N-dealkylation sites (N-methyl/N-ethyl adjacent to an activating group) is 1. The van der Waals surface area contributed by atoms with Gasteiger partial charge in [0.1, 0.15) is 13.2 Å². The minimum absolute atomic E-state index is 0.181. The number of esters is 2. The molecule has 9 nitrogen and oxygen atoms in total. The number of carboxylic acid groups (broad SMARTS) is 1. The summed E-state index contributed by atoms with van der Waals surface area (Å²) in [5.74, 6) is -1.99. The van der Waals surface area contributed by atoms with E-state index in [2.05, 4.69) is 74.6 Å². The van der Waals surface area contributed by atoms with Gasteiger partial charge in [0.2, 0.25) is 0 Å². The molecule has 0 rings (SSSR count). The number of carbonyl (C=O) groups is 3. The monoisotopic (exact) mass is 1080 g/mol. The molecule has 0 amide bonds. The number of carboxylic acids is 1. The Balaban J connectivity index is 4.16. The van der Waals surface area contributed by atoms with Crippen LogP contribution >= 0.6 is 0 Å². The third-order valence-corrected chi connectivity index (χ3v) is 14.3. The summed E-state index contributed by atoms with van der Waals surface area (Å²) in [5.41, 5.74) is 0. The van der Waals surface area contributed by atoms with E-state index >= 15 is 0 Å². The quantitative estimate of drug-likeness (QED) is 0.0211. The summed E-state index contributed by atoms with van der Waals surface area (Å²) >= 11 is 0. The minimum Gasteiger partial charge on any atom is -0.477 e. The van der Waals surface area contributed by atoms with Crippen LogP contribution in [0.5, 0.6) is 0 Å². The first-order valence-corrected chi connectivity index (χ1v) is 32.5. The summed E-state index contributed by atoms with van der Waals surface area (Å²) < 4.78 is 23.0. The fourth-order valence-electron chi connectivity index (χ4n) is 9.34. The standard InChI is InChI=1S/C68H123NO8/c1-6-8-10-12-14-16-18-20-22-24-26-28-30-32-33-35-37-39-41-43-45-47-49-51-53-55-57-59-66(71)77-64(63-76-68(67(72)73)74-61-60-69(3,4)5)62-75-65(70)58-56-54-52-50-48-46-44-42-40-38-36-34-31-29-27-25-23-21-19-17-15-13-11-9-7-2/h8,10,14,16,20,22,26,28,32-33,64,68H,6-7,9,11-13,15,17-19,21,23-25,27,29-31,34-63H2,1-5H3/p+1/b10-8-,16-14-,22-20-,28-26-,33-32-. The number of rotatable bonds is 60. The van der Waals surface area contributed by atoms with Crippen molar-refractivity contribution in [2.75, 3.05) is 47.5 Å². The lowest BCUT2D eigenvalue weighted by atomic mass is 10.0. The number of carbonyl (C=O) groups excluding carboxylic acids is 2. The smallest absolute Gasteiger partial charge is 0.361 e. The van der Waals surface area contributed by atoms with E-state index in [-0.39, 0.29) is 32.2 Å². The number of ether oxygens (including phenoxy) is 4. The highest BCUT2D eigenvalue weighted by Crippen LogP contribution is 2.18. The Bertz CT molecular complexity index is 1450. The van der Waals surface area contributed by atoms with Gasteiger partial charge in [-0.1, -0.05) is 286 Å². The predicted octanol–water partition coefficient (Wildman–Crippen LogP) is 19.6. The average molecular weight is 1080 g/mol. The molecule has 0 fully saturated rings. The highest BCUT2D eigenvalue weighted by molar-refractivity contribution is 5.71. The van der Waals surface area contributed by atoms with Crippen molar-refractivity contribution in [1.29, 1.82) is 0 Å². The van der Waals surface area contributed by atoms with E-state index < -0.39 is 24.3 Å². The molecule has 77 heavy (non-hydrogen) atoms. The first-order chi connectivity index (χ1) is 37.6.